The van der Waals surface area contributed by atoms with Crippen molar-refractivity contribution in [3.63, 3.8) is 0 Å². The van der Waals surface area contributed by atoms with E-state index in [1.165, 1.54) is 16.9 Å². The third kappa shape index (κ3) is 2.26. The van der Waals surface area contributed by atoms with E-state index < -0.39 is 0 Å². The third-order valence-electron chi connectivity index (χ3n) is 3.77. The van der Waals surface area contributed by atoms with Crippen LogP contribution in [0, 0.1) is 0 Å². The van der Waals surface area contributed by atoms with Gasteiger partial charge in [-0.15, -0.1) is 0 Å². The Morgan fingerprint density at radius 2 is 1.65 bits per heavy atom. The van der Waals surface area contributed by atoms with Gasteiger partial charge in [-0.3, -0.25) is 0 Å². The Bertz CT molecular complexity index is 606. The molecule has 0 aromatic heterocycles. The van der Waals surface area contributed by atoms with Gasteiger partial charge in [0, 0.05) is 5.69 Å². The summed E-state index contributed by atoms with van der Waals surface area (Å²) in [6.45, 7) is 7.50. The van der Waals surface area contributed by atoms with Gasteiger partial charge in [-0.05, 0) is 36.6 Å². The smallest absolute Gasteiger partial charge is 0.143 e. The molecule has 2 aromatic rings. The van der Waals surface area contributed by atoms with Gasteiger partial charge in [-0.2, -0.15) is 0 Å². The van der Waals surface area contributed by atoms with Gasteiger partial charge in [0.2, 0.25) is 0 Å². The van der Waals surface area contributed by atoms with Gasteiger partial charge < -0.3 is 9.64 Å². The van der Waals surface area contributed by atoms with Crippen molar-refractivity contribution in [1.82, 2.24) is 0 Å². The lowest BCUT2D eigenvalue weighted by Crippen LogP contribution is -2.35. The van der Waals surface area contributed by atoms with Crippen molar-refractivity contribution in [3.05, 3.63) is 54.1 Å². The van der Waals surface area contributed by atoms with Crippen molar-refractivity contribution in [2.75, 3.05) is 11.4 Å². The van der Waals surface area contributed by atoms with Crippen molar-refractivity contribution in [2.24, 2.45) is 0 Å². The molecule has 3 rings (SSSR count). The highest BCUT2D eigenvalue weighted by molar-refractivity contribution is 5.73. The van der Waals surface area contributed by atoms with Crippen LogP contribution in [0.4, 0.5) is 11.4 Å². The molecule has 0 fully saturated rings. The summed E-state index contributed by atoms with van der Waals surface area (Å²) in [7, 11) is 0. The van der Waals surface area contributed by atoms with Crippen molar-refractivity contribution < 1.29 is 4.74 Å². The first-order valence-corrected chi connectivity index (χ1v) is 7.29. The van der Waals surface area contributed by atoms with Gasteiger partial charge in [0.05, 0.1) is 12.2 Å². The van der Waals surface area contributed by atoms with Crippen LogP contribution in [0.2, 0.25) is 0 Å². The SMILES string of the molecule is CC1CN(c2ccccc2C(C)C)c2ccccc2O1. The summed E-state index contributed by atoms with van der Waals surface area (Å²) in [6, 6.07) is 17.0. The molecule has 1 atom stereocenters. The Kier molecular flexibility index (Phi) is 3.39. The van der Waals surface area contributed by atoms with Crippen molar-refractivity contribution in [1.29, 1.82) is 0 Å². The van der Waals surface area contributed by atoms with Crippen LogP contribution in [0.15, 0.2) is 48.5 Å². The van der Waals surface area contributed by atoms with E-state index in [1.54, 1.807) is 0 Å². The number of hydrogen-bond donors (Lipinski definition) is 0. The lowest BCUT2D eigenvalue weighted by molar-refractivity contribution is 0.217. The second-order valence-corrected chi connectivity index (χ2v) is 5.72. The fourth-order valence-corrected chi connectivity index (χ4v) is 2.84. The largest absolute Gasteiger partial charge is 0.487 e. The standard InChI is InChI=1S/C18H21NO/c1-13(2)15-8-4-5-9-16(15)19-12-14(3)20-18-11-7-6-10-17(18)19/h4-11,13-14H,12H2,1-3H3. The fraction of sp³-hybridized carbons (Fsp3) is 0.333. The predicted octanol–water partition coefficient (Wildman–Crippen LogP) is 4.73. The number of anilines is 2. The van der Waals surface area contributed by atoms with Crippen LogP contribution in [0.3, 0.4) is 0 Å². The summed E-state index contributed by atoms with van der Waals surface area (Å²) in [5, 5.41) is 0. The molecule has 0 bridgehead atoms. The molecule has 0 N–H and O–H groups in total. The summed E-state index contributed by atoms with van der Waals surface area (Å²) in [5.41, 5.74) is 3.85. The molecule has 0 radical (unpaired) electrons. The Morgan fingerprint density at radius 1 is 1.00 bits per heavy atom. The van der Waals surface area contributed by atoms with Crippen LogP contribution in [-0.4, -0.2) is 12.6 Å². The number of hydrogen-bond acceptors (Lipinski definition) is 2. The van der Waals surface area contributed by atoms with Crippen LogP contribution in [0.25, 0.3) is 0 Å². The van der Waals surface area contributed by atoms with E-state index in [-0.39, 0.29) is 6.10 Å². The minimum absolute atomic E-state index is 0.199. The molecule has 1 unspecified atom stereocenters. The van der Waals surface area contributed by atoms with E-state index in [0.717, 1.165) is 12.3 Å². The minimum atomic E-state index is 0.199. The van der Waals surface area contributed by atoms with Gasteiger partial charge >= 0.3 is 0 Å². The summed E-state index contributed by atoms with van der Waals surface area (Å²) in [4.78, 5) is 2.39. The van der Waals surface area contributed by atoms with Gasteiger partial charge in [0.15, 0.2) is 0 Å². The Morgan fingerprint density at radius 3 is 2.40 bits per heavy atom. The fourth-order valence-electron chi connectivity index (χ4n) is 2.84. The molecule has 0 spiro atoms. The summed E-state index contributed by atoms with van der Waals surface area (Å²) in [5.74, 6) is 1.49. The Hall–Kier alpha value is -1.96. The summed E-state index contributed by atoms with van der Waals surface area (Å²) in [6.07, 6.45) is 0.199. The minimum Gasteiger partial charge on any atom is -0.487 e. The monoisotopic (exact) mass is 267 g/mol. The number of ether oxygens (including phenoxy) is 1. The van der Waals surface area contributed by atoms with Crippen molar-refractivity contribution in [2.45, 2.75) is 32.8 Å². The second-order valence-electron chi connectivity index (χ2n) is 5.72. The molecule has 1 aliphatic rings. The molecular weight excluding hydrogens is 246 g/mol. The van der Waals surface area contributed by atoms with Crippen LogP contribution in [0.5, 0.6) is 5.75 Å². The van der Waals surface area contributed by atoms with Gasteiger partial charge in [-0.1, -0.05) is 44.2 Å². The molecule has 1 aliphatic heterocycles. The van der Waals surface area contributed by atoms with Crippen LogP contribution < -0.4 is 9.64 Å². The third-order valence-corrected chi connectivity index (χ3v) is 3.77. The van der Waals surface area contributed by atoms with Crippen molar-refractivity contribution in [3.8, 4) is 5.75 Å². The molecule has 0 amide bonds. The average Bonchev–Trinajstić information content (AvgIpc) is 2.46. The molecule has 104 valence electrons. The number of benzene rings is 2. The Labute approximate surface area is 121 Å². The van der Waals surface area contributed by atoms with E-state index in [1.807, 2.05) is 6.07 Å². The first kappa shape index (κ1) is 13.0. The lowest BCUT2D eigenvalue weighted by atomic mass is 9.99. The molecule has 1 heterocycles. The van der Waals surface area contributed by atoms with E-state index >= 15 is 0 Å². The highest BCUT2D eigenvalue weighted by Gasteiger charge is 2.25. The summed E-state index contributed by atoms with van der Waals surface area (Å²) < 4.78 is 5.94. The predicted molar refractivity (Wildman–Crippen MR) is 84.1 cm³/mol. The van der Waals surface area contributed by atoms with Crippen LogP contribution >= 0.6 is 0 Å². The first-order chi connectivity index (χ1) is 9.66. The summed E-state index contributed by atoms with van der Waals surface area (Å²) >= 11 is 0. The number of rotatable bonds is 2. The topological polar surface area (TPSA) is 12.5 Å². The molecule has 0 aliphatic carbocycles. The molecule has 0 saturated carbocycles. The number of fused-ring (bicyclic) bond motifs is 1. The number of nitrogens with zero attached hydrogens (tertiary/aromatic N) is 1. The molecular formula is C18H21NO. The van der Waals surface area contributed by atoms with Gasteiger partial charge in [-0.25, -0.2) is 0 Å². The first-order valence-electron chi connectivity index (χ1n) is 7.29. The maximum Gasteiger partial charge on any atom is 0.143 e. The van der Waals surface area contributed by atoms with E-state index in [9.17, 15) is 0 Å². The highest BCUT2D eigenvalue weighted by atomic mass is 16.5. The zero-order valence-electron chi connectivity index (χ0n) is 12.3. The van der Waals surface area contributed by atoms with E-state index in [0.29, 0.717) is 5.92 Å². The highest BCUT2D eigenvalue weighted by Crippen LogP contribution is 2.40. The van der Waals surface area contributed by atoms with Gasteiger partial charge in [0.25, 0.3) is 0 Å². The lowest BCUT2D eigenvalue weighted by Gasteiger charge is -2.36. The van der Waals surface area contributed by atoms with Crippen LogP contribution in [-0.2, 0) is 0 Å². The van der Waals surface area contributed by atoms with E-state index in [2.05, 4.69) is 68.1 Å². The quantitative estimate of drug-likeness (QED) is 0.780. The van der Waals surface area contributed by atoms with E-state index in [4.69, 9.17) is 4.74 Å². The molecule has 2 aromatic carbocycles. The Balaban J connectivity index is 2.11. The zero-order valence-corrected chi connectivity index (χ0v) is 12.3. The van der Waals surface area contributed by atoms with Crippen molar-refractivity contribution >= 4 is 11.4 Å². The molecule has 2 nitrogen and oxygen atoms in total. The maximum absolute atomic E-state index is 5.94. The van der Waals surface area contributed by atoms with Gasteiger partial charge in [0.1, 0.15) is 11.9 Å². The zero-order chi connectivity index (χ0) is 14.1. The van der Waals surface area contributed by atoms with Crippen LogP contribution in [0.1, 0.15) is 32.3 Å². The molecule has 0 saturated heterocycles. The number of para-hydroxylation sites is 3. The molecule has 20 heavy (non-hydrogen) atoms. The average molecular weight is 267 g/mol. The maximum atomic E-state index is 5.94. The normalized spacial score (nSPS) is 17.8. The second kappa shape index (κ2) is 5.20. The molecule has 2 heteroatoms.